The number of nitrogens with zero attached hydrogens (tertiary/aromatic N) is 4. The van der Waals surface area contributed by atoms with Gasteiger partial charge in [0.1, 0.15) is 11.6 Å². The number of hydrogen-bond acceptors (Lipinski definition) is 4. The Morgan fingerprint density at radius 2 is 2.00 bits per heavy atom. The largest absolute Gasteiger partial charge is 0.356 e. The molecule has 3 rings (SSSR count). The van der Waals surface area contributed by atoms with E-state index in [4.69, 9.17) is 0 Å². The van der Waals surface area contributed by atoms with E-state index in [9.17, 15) is 9.59 Å². The zero-order valence-corrected chi connectivity index (χ0v) is 15.3. The lowest BCUT2D eigenvalue weighted by molar-refractivity contribution is -0.140. The first kappa shape index (κ1) is 17.9. The van der Waals surface area contributed by atoms with E-state index >= 15 is 0 Å². The summed E-state index contributed by atoms with van der Waals surface area (Å²) < 4.78 is 1.88. The molecule has 1 N–H and O–H groups in total. The van der Waals surface area contributed by atoms with Crippen LogP contribution in [0.15, 0.2) is 0 Å². The average molecular weight is 347 g/mol. The van der Waals surface area contributed by atoms with Crippen LogP contribution in [0.1, 0.15) is 56.6 Å². The van der Waals surface area contributed by atoms with Crippen LogP contribution in [-0.2, 0) is 16.1 Å². The minimum Gasteiger partial charge on any atom is -0.356 e. The van der Waals surface area contributed by atoms with Gasteiger partial charge in [0.25, 0.3) is 0 Å². The van der Waals surface area contributed by atoms with E-state index in [0.717, 1.165) is 37.5 Å². The lowest BCUT2D eigenvalue weighted by Crippen LogP contribution is -2.49. The Morgan fingerprint density at radius 1 is 1.24 bits per heavy atom. The van der Waals surface area contributed by atoms with Gasteiger partial charge in [0, 0.05) is 32.1 Å². The highest BCUT2D eigenvalue weighted by Gasteiger charge is 2.34. The van der Waals surface area contributed by atoms with Gasteiger partial charge in [-0.15, -0.1) is 0 Å². The van der Waals surface area contributed by atoms with E-state index in [-0.39, 0.29) is 17.7 Å². The molecule has 0 spiro atoms. The first-order valence-electron chi connectivity index (χ1n) is 9.50. The summed E-state index contributed by atoms with van der Waals surface area (Å²) in [6.07, 6.45) is 6.60. The molecule has 0 aromatic carbocycles. The van der Waals surface area contributed by atoms with E-state index in [1.807, 2.05) is 23.4 Å². The molecule has 0 bridgehead atoms. The highest BCUT2D eigenvalue weighted by molar-refractivity contribution is 5.84. The van der Waals surface area contributed by atoms with Gasteiger partial charge in [0.2, 0.25) is 11.8 Å². The Morgan fingerprint density at radius 3 is 2.68 bits per heavy atom. The summed E-state index contributed by atoms with van der Waals surface area (Å²) >= 11 is 0. The van der Waals surface area contributed by atoms with E-state index in [1.54, 1.807) is 0 Å². The van der Waals surface area contributed by atoms with Crippen LogP contribution in [0.5, 0.6) is 0 Å². The molecular formula is C18H29N5O2. The number of hydrogen-bond donors (Lipinski definition) is 1. The van der Waals surface area contributed by atoms with Crippen molar-refractivity contribution >= 4 is 11.8 Å². The third-order valence-electron chi connectivity index (χ3n) is 5.39. The molecule has 7 nitrogen and oxygen atoms in total. The fourth-order valence-corrected chi connectivity index (χ4v) is 4.01. The highest BCUT2D eigenvalue weighted by Crippen LogP contribution is 2.28. The number of amides is 2. The Bertz CT molecular complexity index is 621. The predicted octanol–water partition coefficient (Wildman–Crippen LogP) is 1.58. The number of aromatic nitrogens is 3. The summed E-state index contributed by atoms with van der Waals surface area (Å²) in [5, 5.41) is 7.36. The van der Waals surface area contributed by atoms with E-state index in [1.165, 1.54) is 12.8 Å². The monoisotopic (exact) mass is 347 g/mol. The summed E-state index contributed by atoms with van der Waals surface area (Å²) in [6, 6.07) is 0.363. The zero-order valence-electron chi connectivity index (χ0n) is 15.3. The van der Waals surface area contributed by atoms with Crippen molar-refractivity contribution in [3.63, 3.8) is 0 Å². The average Bonchev–Trinajstić information content (AvgIpc) is 3.21. The van der Waals surface area contributed by atoms with Crippen molar-refractivity contribution in [3.05, 3.63) is 11.6 Å². The summed E-state index contributed by atoms with van der Waals surface area (Å²) in [4.78, 5) is 30.9. The van der Waals surface area contributed by atoms with Crippen molar-refractivity contribution in [1.29, 1.82) is 0 Å². The van der Waals surface area contributed by atoms with E-state index in [0.29, 0.717) is 32.0 Å². The third kappa shape index (κ3) is 4.38. The smallest absolute Gasteiger partial charge is 0.224 e. The van der Waals surface area contributed by atoms with Crippen LogP contribution in [0.25, 0.3) is 0 Å². The second kappa shape index (κ2) is 7.97. The molecule has 1 atom stereocenters. The topological polar surface area (TPSA) is 80.1 Å². The summed E-state index contributed by atoms with van der Waals surface area (Å²) in [7, 11) is 0. The first-order chi connectivity index (χ1) is 12.0. The van der Waals surface area contributed by atoms with Gasteiger partial charge in [-0.05, 0) is 39.5 Å². The molecular weight excluding hydrogens is 318 g/mol. The van der Waals surface area contributed by atoms with Crippen LogP contribution in [0.3, 0.4) is 0 Å². The molecule has 2 heterocycles. The molecule has 2 fully saturated rings. The number of carbonyl (C=O) groups is 2. The van der Waals surface area contributed by atoms with Crippen LogP contribution >= 0.6 is 0 Å². The summed E-state index contributed by atoms with van der Waals surface area (Å²) in [5.41, 5.74) is 0. The summed E-state index contributed by atoms with van der Waals surface area (Å²) in [5.74, 6) is 1.94. The van der Waals surface area contributed by atoms with Gasteiger partial charge in [-0.25, -0.2) is 4.98 Å². The third-order valence-corrected chi connectivity index (χ3v) is 5.39. The van der Waals surface area contributed by atoms with Gasteiger partial charge >= 0.3 is 0 Å². The lowest BCUT2D eigenvalue weighted by Gasteiger charge is -2.36. The molecule has 1 saturated heterocycles. The van der Waals surface area contributed by atoms with Crippen LogP contribution in [-0.4, -0.2) is 50.6 Å². The maximum Gasteiger partial charge on any atom is 0.224 e. The van der Waals surface area contributed by atoms with Crippen molar-refractivity contribution in [2.75, 3.05) is 13.1 Å². The minimum absolute atomic E-state index is 0.0614. The molecule has 25 heavy (non-hydrogen) atoms. The maximum absolute atomic E-state index is 12.5. The molecule has 0 radical (unpaired) electrons. The molecule has 1 aliphatic carbocycles. The van der Waals surface area contributed by atoms with Crippen molar-refractivity contribution in [1.82, 2.24) is 25.0 Å². The van der Waals surface area contributed by atoms with E-state index < -0.39 is 0 Å². The van der Waals surface area contributed by atoms with Gasteiger partial charge < -0.3 is 10.2 Å². The molecule has 2 aliphatic rings. The van der Waals surface area contributed by atoms with Crippen molar-refractivity contribution in [2.24, 2.45) is 5.92 Å². The number of piperidine rings is 1. The molecule has 1 aliphatic heterocycles. The van der Waals surface area contributed by atoms with Gasteiger partial charge in [0.05, 0.1) is 5.92 Å². The molecule has 1 aromatic heterocycles. The maximum atomic E-state index is 12.5. The SMILES string of the molecule is Cc1nc(C)n(CCCNC(=O)[C@@H]2CCC(=O)N(C3CCCC3)C2)n1. The standard InChI is InChI=1S/C18H29N5O2/c1-13-20-14(2)23(21-13)11-5-10-19-18(25)15-8-9-17(24)22(12-15)16-6-3-4-7-16/h15-16H,3-12H2,1-2H3,(H,19,25)/t15-/m1/s1. The molecule has 0 unspecified atom stereocenters. The zero-order chi connectivity index (χ0) is 17.8. The first-order valence-corrected chi connectivity index (χ1v) is 9.50. The minimum atomic E-state index is -0.0614. The predicted molar refractivity (Wildman–Crippen MR) is 93.8 cm³/mol. The number of aryl methyl sites for hydroxylation is 3. The van der Waals surface area contributed by atoms with Crippen molar-refractivity contribution in [2.45, 2.75) is 71.4 Å². The molecule has 138 valence electrons. The van der Waals surface area contributed by atoms with Gasteiger partial charge in [0.15, 0.2) is 0 Å². The van der Waals surface area contributed by atoms with Gasteiger partial charge in [-0.3, -0.25) is 14.3 Å². The normalized spacial score (nSPS) is 21.8. The van der Waals surface area contributed by atoms with Crippen LogP contribution < -0.4 is 5.32 Å². The van der Waals surface area contributed by atoms with E-state index in [2.05, 4.69) is 15.4 Å². The fourth-order valence-electron chi connectivity index (χ4n) is 4.01. The number of rotatable bonds is 6. The quantitative estimate of drug-likeness (QED) is 0.793. The number of likely N-dealkylation sites (tertiary alicyclic amines) is 1. The summed E-state index contributed by atoms with van der Waals surface area (Å²) in [6.45, 7) is 5.80. The molecule has 1 saturated carbocycles. The lowest BCUT2D eigenvalue weighted by atomic mass is 9.95. The van der Waals surface area contributed by atoms with Crippen LogP contribution in [0.2, 0.25) is 0 Å². The Labute approximate surface area is 149 Å². The van der Waals surface area contributed by atoms with Crippen LogP contribution in [0.4, 0.5) is 0 Å². The fraction of sp³-hybridized carbons (Fsp3) is 0.778. The van der Waals surface area contributed by atoms with Crippen molar-refractivity contribution < 1.29 is 9.59 Å². The molecule has 1 aromatic rings. The van der Waals surface area contributed by atoms with Crippen LogP contribution in [0, 0.1) is 19.8 Å². The Kier molecular flexibility index (Phi) is 5.71. The Balaban J connectivity index is 1.43. The number of carbonyl (C=O) groups excluding carboxylic acids is 2. The van der Waals surface area contributed by atoms with Gasteiger partial charge in [-0.1, -0.05) is 12.8 Å². The van der Waals surface area contributed by atoms with Gasteiger partial charge in [-0.2, -0.15) is 5.10 Å². The Hall–Kier alpha value is -1.92. The second-order valence-corrected chi connectivity index (χ2v) is 7.29. The second-order valence-electron chi connectivity index (χ2n) is 7.29. The highest BCUT2D eigenvalue weighted by atomic mass is 16.2. The molecule has 2 amide bonds. The van der Waals surface area contributed by atoms with Crippen molar-refractivity contribution in [3.8, 4) is 0 Å². The number of nitrogens with one attached hydrogen (secondary N) is 1. The molecule has 7 heteroatoms.